The van der Waals surface area contributed by atoms with Gasteiger partial charge >= 0.3 is 5.97 Å². The van der Waals surface area contributed by atoms with Crippen LogP contribution < -0.4 is 5.32 Å². The summed E-state index contributed by atoms with van der Waals surface area (Å²) in [5, 5.41) is 11.6. The van der Waals surface area contributed by atoms with Crippen molar-refractivity contribution in [2.24, 2.45) is 5.41 Å². The fourth-order valence-corrected chi connectivity index (χ4v) is 2.31. The first-order valence-corrected chi connectivity index (χ1v) is 6.23. The van der Waals surface area contributed by atoms with E-state index in [0.29, 0.717) is 25.8 Å². The first-order chi connectivity index (χ1) is 8.38. The molecule has 2 N–H and O–H groups in total. The van der Waals surface area contributed by atoms with E-state index in [0.717, 1.165) is 0 Å². The van der Waals surface area contributed by atoms with Crippen molar-refractivity contribution in [2.75, 3.05) is 6.54 Å². The molecule has 100 valence electrons. The third-order valence-corrected chi connectivity index (χ3v) is 3.76. The van der Waals surface area contributed by atoms with E-state index in [4.69, 9.17) is 5.11 Å². The molecule has 1 saturated carbocycles. The van der Waals surface area contributed by atoms with Crippen LogP contribution in [-0.2, 0) is 14.4 Å². The number of hydrogen-bond acceptors (Lipinski definition) is 3. The van der Waals surface area contributed by atoms with Gasteiger partial charge in [-0.3, -0.25) is 14.4 Å². The van der Waals surface area contributed by atoms with E-state index in [-0.39, 0.29) is 11.9 Å². The Bertz CT molecular complexity index is 401. The molecule has 6 heteroatoms. The maximum atomic E-state index is 12.0. The van der Waals surface area contributed by atoms with Gasteiger partial charge in [-0.15, -0.1) is 0 Å². The molecule has 1 heterocycles. The second-order valence-electron chi connectivity index (χ2n) is 5.33. The summed E-state index contributed by atoms with van der Waals surface area (Å²) < 4.78 is 0. The predicted molar refractivity (Wildman–Crippen MR) is 62.7 cm³/mol. The standard InChI is InChI=1S/C12H18N2O4/c1-7(2)14-6-3-8(9(14)15)13-10(16)12(4-5-12)11(17)18/h7-8H,3-6H2,1-2H3,(H,13,16)(H,17,18)/t8-/m1/s1. The van der Waals surface area contributed by atoms with Gasteiger partial charge < -0.3 is 15.3 Å². The lowest BCUT2D eigenvalue weighted by Crippen LogP contribution is -2.47. The molecule has 0 aromatic rings. The molecule has 1 atom stereocenters. The summed E-state index contributed by atoms with van der Waals surface area (Å²) in [4.78, 5) is 36.5. The van der Waals surface area contributed by atoms with Crippen molar-refractivity contribution in [3.63, 3.8) is 0 Å². The molecule has 0 aromatic carbocycles. The van der Waals surface area contributed by atoms with Crippen LogP contribution in [-0.4, -0.2) is 46.4 Å². The molecule has 0 bridgehead atoms. The lowest BCUT2D eigenvalue weighted by Gasteiger charge is -2.21. The van der Waals surface area contributed by atoms with Gasteiger partial charge in [0.2, 0.25) is 11.8 Å². The smallest absolute Gasteiger partial charge is 0.319 e. The minimum Gasteiger partial charge on any atom is -0.480 e. The molecule has 1 saturated heterocycles. The average Bonchev–Trinajstić information content (AvgIpc) is 3.01. The first-order valence-electron chi connectivity index (χ1n) is 6.23. The third-order valence-electron chi connectivity index (χ3n) is 3.76. The molecule has 6 nitrogen and oxygen atoms in total. The van der Waals surface area contributed by atoms with Crippen LogP contribution in [0.2, 0.25) is 0 Å². The van der Waals surface area contributed by atoms with E-state index in [9.17, 15) is 14.4 Å². The van der Waals surface area contributed by atoms with Crippen molar-refractivity contribution in [3.05, 3.63) is 0 Å². The molecule has 0 radical (unpaired) electrons. The number of amides is 2. The number of carbonyl (C=O) groups excluding carboxylic acids is 2. The molecule has 1 aliphatic heterocycles. The highest BCUT2D eigenvalue weighted by molar-refractivity contribution is 6.06. The van der Waals surface area contributed by atoms with E-state index in [1.54, 1.807) is 4.90 Å². The number of carbonyl (C=O) groups is 3. The molecule has 2 rings (SSSR count). The van der Waals surface area contributed by atoms with Gasteiger partial charge in [0.25, 0.3) is 0 Å². The normalized spacial score (nSPS) is 25.4. The molecule has 0 spiro atoms. The Kier molecular flexibility index (Phi) is 3.04. The van der Waals surface area contributed by atoms with E-state index < -0.39 is 23.3 Å². The number of likely N-dealkylation sites (tertiary alicyclic amines) is 1. The summed E-state index contributed by atoms with van der Waals surface area (Å²) in [5.74, 6) is -1.72. The van der Waals surface area contributed by atoms with E-state index in [1.165, 1.54) is 0 Å². The van der Waals surface area contributed by atoms with Gasteiger partial charge in [-0.2, -0.15) is 0 Å². The number of aliphatic carboxylic acids is 1. The highest BCUT2D eigenvalue weighted by atomic mass is 16.4. The van der Waals surface area contributed by atoms with Crippen LogP contribution in [0.25, 0.3) is 0 Å². The van der Waals surface area contributed by atoms with Gasteiger partial charge in [0, 0.05) is 12.6 Å². The maximum absolute atomic E-state index is 12.0. The summed E-state index contributed by atoms with van der Waals surface area (Å²) in [5.41, 5.74) is -1.27. The minimum absolute atomic E-state index is 0.105. The lowest BCUT2D eigenvalue weighted by atomic mass is 10.1. The van der Waals surface area contributed by atoms with Gasteiger partial charge in [-0.05, 0) is 33.1 Å². The van der Waals surface area contributed by atoms with Gasteiger partial charge in [-0.25, -0.2) is 0 Å². The second-order valence-corrected chi connectivity index (χ2v) is 5.33. The first kappa shape index (κ1) is 12.9. The van der Waals surface area contributed by atoms with Crippen LogP contribution in [0.4, 0.5) is 0 Å². The van der Waals surface area contributed by atoms with Crippen molar-refractivity contribution in [1.82, 2.24) is 10.2 Å². The Hall–Kier alpha value is -1.59. The topological polar surface area (TPSA) is 86.7 Å². The molecule has 1 aliphatic carbocycles. The molecule has 2 fully saturated rings. The summed E-state index contributed by atoms with van der Waals surface area (Å²) in [7, 11) is 0. The Labute approximate surface area is 105 Å². The van der Waals surface area contributed by atoms with Crippen LogP contribution in [0.1, 0.15) is 33.1 Å². The Morgan fingerprint density at radius 1 is 1.44 bits per heavy atom. The van der Waals surface area contributed by atoms with Crippen LogP contribution in [0.15, 0.2) is 0 Å². The predicted octanol–water partition coefficient (Wildman–Crippen LogP) is -0.0233. The summed E-state index contributed by atoms with van der Waals surface area (Å²) in [6, 6.07) is -0.453. The van der Waals surface area contributed by atoms with Gasteiger partial charge in [-0.1, -0.05) is 0 Å². The average molecular weight is 254 g/mol. The van der Waals surface area contributed by atoms with Gasteiger partial charge in [0.05, 0.1) is 0 Å². The Morgan fingerprint density at radius 2 is 2.06 bits per heavy atom. The van der Waals surface area contributed by atoms with Crippen molar-refractivity contribution in [3.8, 4) is 0 Å². The fraction of sp³-hybridized carbons (Fsp3) is 0.750. The highest BCUT2D eigenvalue weighted by Gasteiger charge is 2.57. The molecule has 0 unspecified atom stereocenters. The number of rotatable bonds is 4. The molecular formula is C12H18N2O4. The molecule has 18 heavy (non-hydrogen) atoms. The quantitative estimate of drug-likeness (QED) is 0.690. The molecular weight excluding hydrogens is 236 g/mol. The van der Waals surface area contributed by atoms with Crippen molar-refractivity contribution >= 4 is 17.8 Å². The zero-order valence-electron chi connectivity index (χ0n) is 10.6. The van der Waals surface area contributed by atoms with Crippen LogP contribution >= 0.6 is 0 Å². The molecule has 2 aliphatic rings. The maximum Gasteiger partial charge on any atom is 0.319 e. The summed E-state index contributed by atoms with van der Waals surface area (Å²) in [6.45, 7) is 4.45. The number of nitrogens with zero attached hydrogens (tertiary/aromatic N) is 1. The molecule has 0 aromatic heterocycles. The van der Waals surface area contributed by atoms with E-state index >= 15 is 0 Å². The summed E-state index contributed by atoms with van der Waals surface area (Å²) >= 11 is 0. The van der Waals surface area contributed by atoms with Crippen LogP contribution in [0, 0.1) is 5.41 Å². The van der Waals surface area contributed by atoms with Crippen molar-refractivity contribution in [2.45, 2.75) is 45.2 Å². The number of carboxylic acid groups (broad SMARTS) is 1. The monoisotopic (exact) mass is 254 g/mol. The van der Waals surface area contributed by atoms with Gasteiger partial charge in [0.1, 0.15) is 11.5 Å². The number of carboxylic acids is 1. The third kappa shape index (κ3) is 1.95. The lowest BCUT2D eigenvalue weighted by molar-refractivity contribution is -0.150. The van der Waals surface area contributed by atoms with E-state index in [2.05, 4.69) is 5.32 Å². The second kappa shape index (κ2) is 4.26. The largest absolute Gasteiger partial charge is 0.480 e. The number of nitrogens with one attached hydrogen (secondary N) is 1. The zero-order valence-corrected chi connectivity index (χ0v) is 10.6. The van der Waals surface area contributed by atoms with Gasteiger partial charge in [0.15, 0.2) is 0 Å². The minimum atomic E-state index is -1.27. The van der Waals surface area contributed by atoms with E-state index in [1.807, 2.05) is 13.8 Å². The fourth-order valence-electron chi connectivity index (χ4n) is 2.31. The highest BCUT2D eigenvalue weighted by Crippen LogP contribution is 2.46. The zero-order chi connectivity index (χ0) is 13.5. The number of hydrogen-bond donors (Lipinski definition) is 2. The van der Waals surface area contributed by atoms with Crippen LogP contribution in [0.5, 0.6) is 0 Å². The van der Waals surface area contributed by atoms with Crippen molar-refractivity contribution < 1.29 is 19.5 Å². The van der Waals surface area contributed by atoms with Crippen molar-refractivity contribution in [1.29, 1.82) is 0 Å². The Morgan fingerprint density at radius 3 is 2.44 bits per heavy atom. The Balaban J connectivity index is 1.98. The SMILES string of the molecule is CC(C)N1CC[C@@H](NC(=O)C2(C(=O)O)CC2)C1=O. The summed E-state index contributed by atoms with van der Waals surface area (Å²) in [6.07, 6.45) is 1.28. The molecule has 2 amide bonds. The van der Waals surface area contributed by atoms with Crippen LogP contribution in [0.3, 0.4) is 0 Å².